The molecule has 1 aliphatic carbocycles. The van der Waals surface area contributed by atoms with Gasteiger partial charge in [-0.2, -0.15) is 0 Å². The summed E-state index contributed by atoms with van der Waals surface area (Å²) in [6.45, 7) is 2.08. The summed E-state index contributed by atoms with van der Waals surface area (Å²) < 4.78 is 1.14. The minimum absolute atomic E-state index is 0.0616. The number of nitrogens with one attached hydrogen (secondary N) is 1. The van der Waals surface area contributed by atoms with Crippen LogP contribution in [0, 0.1) is 0 Å². The first-order chi connectivity index (χ1) is 8.94. The average Bonchev–Trinajstić information content (AvgIpc) is 3.09. The van der Waals surface area contributed by atoms with Gasteiger partial charge in [0.1, 0.15) is 0 Å². The van der Waals surface area contributed by atoms with Crippen LogP contribution < -0.4 is 5.32 Å². The van der Waals surface area contributed by atoms with E-state index in [2.05, 4.69) is 46.4 Å². The molecule has 19 heavy (non-hydrogen) atoms. The normalized spacial score (nSPS) is 17.9. The second kappa shape index (κ2) is 5.63. The summed E-state index contributed by atoms with van der Waals surface area (Å²) in [5.41, 5.74) is 1.37. The van der Waals surface area contributed by atoms with Crippen LogP contribution in [-0.4, -0.2) is 30.9 Å². The van der Waals surface area contributed by atoms with Crippen LogP contribution in [0.2, 0.25) is 0 Å². The maximum Gasteiger partial charge on any atom is 0.223 e. The lowest BCUT2D eigenvalue weighted by molar-refractivity contribution is -0.129. The minimum Gasteiger partial charge on any atom is -0.349 e. The third-order valence-corrected chi connectivity index (χ3v) is 4.33. The van der Waals surface area contributed by atoms with Crippen molar-refractivity contribution in [3.63, 3.8) is 0 Å². The fourth-order valence-corrected chi connectivity index (χ4v) is 3.10. The summed E-state index contributed by atoms with van der Waals surface area (Å²) in [5.74, 6) is 0.169. The second-order valence-electron chi connectivity index (χ2n) is 5.60. The van der Waals surface area contributed by atoms with Gasteiger partial charge in [0.05, 0.1) is 0 Å². The van der Waals surface area contributed by atoms with E-state index < -0.39 is 0 Å². The summed E-state index contributed by atoms with van der Waals surface area (Å²) in [6, 6.07) is 8.52. The number of hydrogen-bond acceptors (Lipinski definition) is 2. The van der Waals surface area contributed by atoms with Gasteiger partial charge < -0.3 is 10.2 Å². The largest absolute Gasteiger partial charge is 0.349 e. The smallest absolute Gasteiger partial charge is 0.223 e. The number of hydrogen-bond donors (Lipinski definition) is 1. The molecule has 104 valence electrons. The summed E-state index contributed by atoms with van der Waals surface area (Å²) in [7, 11) is 3.60. The van der Waals surface area contributed by atoms with E-state index in [1.54, 1.807) is 19.0 Å². The van der Waals surface area contributed by atoms with Crippen LogP contribution in [0.1, 0.15) is 31.7 Å². The van der Waals surface area contributed by atoms with Crippen molar-refractivity contribution in [2.75, 3.05) is 14.1 Å². The molecular weight excluding hydrogens is 304 g/mol. The zero-order chi connectivity index (χ0) is 14.0. The molecule has 1 aromatic rings. The number of benzene rings is 1. The summed E-state index contributed by atoms with van der Waals surface area (Å²) in [5, 5.41) is 3.63. The molecule has 0 aromatic heterocycles. The van der Waals surface area contributed by atoms with Crippen LogP contribution in [0.5, 0.6) is 0 Å². The molecule has 2 rings (SSSR count). The lowest BCUT2D eigenvalue weighted by Crippen LogP contribution is -2.40. The Kier molecular flexibility index (Phi) is 4.31. The van der Waals surface area contributed by atoms with Gasteiger partial charge >= 0.3 is 0 Å². The fourth-order valence-electron chi connectivity index (χ4n) is 2.43. The molecule has 0 saturated heterocycles. The van der Waals surface area contributed by atoms with Crippen LogP contribution in [0.25, 0.3) is 0 Å². The monoisotopic (exact) mass is 324 g/mol. The fraction of sp³-hybridized carbons (Fsp3) is 0.533. The van der Waals surface area contributed by atoms with Crippen molar-refractivity contribution in [1.29, 1.82) is 0 Å². The summed E-state index contributed by atoms with van der Waals surface area (Å²) in [4.78, 5) is 13.4. The number of rotatable bonds is 5. The number of halogens is 1. The maximum absolute atomic E-state index is 11.7. The number of amides is 1. The Balaban J connectivity index is 2.03. The first-order valence-electron chi connectivity index (χ1n) is 6.67. The molecule has 0 radical (unpaired) electrons. The van der Waals surface area contributed by atoms with Gasteiger partial charge in [-0.1, -0.05) is 34.1 Å². The van der Waals surface area contributed by atoms with Crippen LogP contribution >= 0.6 is 15.9 Å². The van der Waals surface area contributed by atoms with Crippen molar-refractivity contribution in [2.45, 2.75) is 37.8 Å². The molecule has 3 nitrogen and oxygen atoms in total. The Bertz CT molecular complexity index is 469. The van der Waals surface area contributed by atoms with E-state index in [4.69, 9.17) is 0 Å². The zero-order valence-corrected chi connectivity index (χ0v) is 13.3. The number of carbonyl (C=O) groups is 1. The van der Waals surface area contributed by atoms with Gasteiger partial charge in [-0.25, -0.2) is 0 Å². The van der Waals surface area contributed by atoms with Gasteiger partial charge in [-0.05, 0) is 31.4 Å². The van der Waals surface area contributed by atoms with Gasteiger partial charge in [0.25, 0.3) is 0 Å². The van der Waals surface area contributed by atoms with Crippen LogP contribution in [0.15, 0.2) is 28.7 Å². The Labute approximate surface area is 123 Å². The Morgan fingerprint density at radius 1 is 1.42 bits per heavy atom. The molecule has 4 heteroatoms. The van der Waals surface area contributed by atoms with E-state index in [0.29, 0.717) is 6.42 Å². The van der Waals surface area contributed by atoms with E-state index in [-0.39, 0.29) is 17.5 Å². The van der Waals surface area contributed by atoms with Gasteiger partial charge in [0.2, 0.25) is 5.91 Å². The third kappa shape index (κ3) is 3.37. The molecule has 1 N–H and O–H groups in total. The Morgan fingerprint density at radius 2 is 2.05 bits per heavy atom. The van der Waals surface area contributed by atoms with Gasteiger partial charge in [-0.15, -0.1) is 0 Å². The van der Waals surface area contributed by atoms with Crippen LogP contribution in [0.4, 0.5) is 0 Å². The highest BCUT2D eigenvalue weighted by Crippen LogP contribution is 2.48. The summed E-state index contributed by atoms with van der Waals surface area (Å²) >= 11 is 3.62. The molecule has 1 saturated carbocycles. The lowest BCUT2D eigenvalue weighted by atomic mass is 10.0. The molecule has 1 amide bonds. The van der Waals surface area contributed by atoms with Crippen molar-refractivity contribution in [3.05, 3.63) is 34.3 Å². The van der Waals surface area contributed by atoms with Crippen molar-refractivity contribution in [3.8, 4) is 0 Å². The SMILES string of the molecule is C[C@@H](CC(=O)N(C)C)NC1(c2ccccc2Br)CC1. The van der Waals surface area contributed by atoms with E-state index in [9.17, 15) is 4.79 Å². The highest BCUT2D eigenvalue weighted by molar-refractivity contribution is 9.10. The first-order valence-corrected chi connectivity index (χ1v) is 7.47. The second-order valence-corrected chi connectivity index (χ2v) is 6.45. The van der Waals surface area contributed by atoms with E-state index in [0.717, 1.165) is 17.3 Å². The Hall–Kier alpha value is -0.870. The first kappa shape index (κ1) is 14.5. The van der Waals surface area contributed by atoms with Crippen molar-refractivity contribution in [2.24, 2.45) is 0 Å². The maximum atomic E-state index is 11.7. The Morgan fingerprint density at radius 3 is 2.58 bits per heavy atom. The van der Waals surface area contributed by atoms with E-state index in [1.165, 1.54) is 5.56 Å². The predicted octanol–water partition coefficient (Wildman–Crippen LogP) is 2.89. The molecule has 0 unspecified atom stereocenters. The molecule has 1 aliphatic rings. The number of carbonyl (C=O) groups excluding carboxylic acids is 1. The molecule has 0 heterocycles. The molecule has 1 aromatic carbocycles. The molecule has 1 atom stereocenters. The van der Waals surface area contributed by atoms with Crippen molar-refractivity contribution >= 4 is 21.8 Å². The van der Waals surface area contributed by atoms with E-state index in [1.807, 2.05) is 6.07 Å². The quantitative estimate of drug-likeness (QED) is 0.903. The van der Waals surface area contributed by atoms with Crippen molar-refractivity contribution in [1.82, 2.24) is 10.2 Å². The summed E-state index contributed by atoms with van der Waals surface area (Å²) in [6.07, 6.45) is 2.81. The molecule has 0 spiro atoms. The van der Waals surface area contributed by atoms with Gasteiger partial charge in [-0.3, -0.25) is 4.79 Å². The zero-order valence-electron chi connectivity index (χ0n) is 11.7. The lowest BCUT2D eigenvalue weighted by Gasteiger charge is -2.25. The third-order valence-electron chi connectivity index (χ3n) is 3.64. The van der Waals surface area contributed by atoms with Crippen molar-refractivity contribution < 1.29 is 4.79 Å². The molecular formula is C15H21BrN2O. The molecule has 1 fully saturated rings. The molecule has 0 aliphatic heterocycles. The highest BCUT2D eigenvalue weighted by atomic mass is 79.9. The highest BCUT2D eigenvalue weighted by Gasteiger charge is 2.46. The van der Waals surface area contributed by atoms with Crippen LogP contribution in [-0.2, 0) is 10.3 Å². The van der Waals surface area contributed by atoms with Crippen LogP contribution in [0.3, 0.4) is 0 Å². The predicted molar refractivity (Wildman–Crippen MR) is 81.0 cm³/mol. The molecule has 0 bridgehead atoms. The van der Waals surface area contributed by atoms with Gasteiger partial charge in [0, 0.05) is 36.6 Å². The van der Waals surface area contributed by atoms with Gasteiger partial charge in [0.15, 0.2) is 0 Å². The standard InChI is InChI=1S/C15H21BrN2O/c1-11(10-14(19)18(2)3)17-15(8-9-15)12-6-4-5-7-13(12)16/h4-7,11,17H,8-10H2,1-3H3/t11-/m0/s1. The van der Waals surface area contributed by atoms with E-state index >= 15 is 0 Å². The topological polar surface area (TPSA) is 32.3 Å². The minimum atomic E-state index is 0.0616. The number of nitrogens with zero attached hydrogens (tertiary/aromatic N) is 1. The average molecular weight is 325 g/mol.